The third-order valence-corrected chi connectivity index (χ3v) is 7.33. The second kappa shape index (κ2) is 8.32. The Morgan fingerprint density at radius 3 is 2.00 bits per heavy atom. The van der Waals surface area contributed by atoms with Gasteiger partial charge in [-0.15, -0.1) is 0 Å². The third kappa shape index (κ3) is 5.11. The molecule has 0 bridgehead atoms. The number of nitrogens with one attached hydrogen (secondary N) is 1. The van der Waals surface area contributed by atoms with Crippen LogP contribution in [-0.2, 0) is 19.9 Å². The summed E-state index contributed by atoms with van der Waals surface area (Å²) in [5, 5.41) is 2.84. The number of hydrogen-bond donors (Lipinski definition) is 1. The Morgan fingerprint density at radius 2 is 1.54 bits per heavy atom. The second-order valence-corrected chi connectivity index (χ2v) is 10.8. The van der Waals surface area contributed by atoms with E-state index >= 15 is 0 Å². The molecule has 0 aliphatic carbocycles. The van der Waals surface area contributed by atoms with Crippen LogP contribution in [0.3, 0.4) is 0 Å². The molecule has 0 aromatic heterocycles. The van der Waals surface area contributed by atoms with Crippen molar-refractivity contribution in [2.45, 2.75) is 24.8 Å². The maximum atomic E-state index is 12.4. The number of anilines is 1. The molecule has 0 aliphatic heterocycles. The molecule has 0 saturated carbocycles. The van der Waals surface area contributed by atoms with Gasteiger partial charge < -0.3 is 5.32 Å². The Morgan fingerprint density at radius 1 is 1.00 bits per heavy atom. The Bertz CT molecular complexity index is 1040. The molecule has 1 amide bonds. The van der Waals surface area contributed by atoms with Gasteiger partial charge in [0.15, 0.2) is 9.84 Å². The van der Waals surface area contributed by atoms with Gasteiger partial charge in [-0.3, -0.25) is 9.10 Å². The fourth-order valence-corrected chi connectivity index (χ4v) is 4.00. The zero-order valence-corrected chi connectivity index (χ0v) is 17.8. The van der Waals surface area contributed by atoms with Gasteiger partial charge in [-0.25, -0.2) is 16.8 Å². The summed E-state index contributed by atoms with van der Waals surface area (Å²) in [5.74, 6) is -0.325. The Labute approximate surface area is 166 Å². The van der Waals surface area contributed by atoms with Gasteiger partial charge in [-0.1, -0.05) is 12.1 Å². The van der Waals surface area contributed by atoms with Crippen molar-refractivity contribution >= 4 is 31.5 Å². The number of amides is 1. The van der Waals surface area contributed by atoms with Gasteiger partial charge >= 0.3 is 0 Å². The Balaban J connectivity index is 2.10. The smallest absolute Gasteiger partial charge is 0.251 e. The number of rotatable bonds is 7. The van der Waals surface area contributed by atoms with Crippen molar-refractivity contribution in [1.29, 1.82) is 0 Å². The molecule has 0 radical (unpaired) electrons. The monoisotopic (exact) mass is 424 g/mol. The van der Waals surface area contributed by atoms with Gasteiger partial charge in [0, 0.05) is 18.9 Å². The number of benzene rings is 2. The zero-order valence-electron chi connectivity index (χ0n) is 16.2. The number of carbonyl (C=O) groups is 1. The molecule has 0 unspecified atom stereocenters. The lowest BCUT2D eigenvalue weighted by atomic mass is 10.1. The molecule has 0 aliphatic rings. The molecule has 9 heteroatoms. The van der Waals surface area contributed by atoms with Crippen molar-refractivity contribution in [2.24, 2.45) is 0 Å². The van der Waals surface area contributed by atoms with E-state index in [1.165, 1.54) is 23.5 Å². The predicted molar refractivity (Wildman–Crippen MR) is 110 cm³/mol. The van der Waals surface area contributed by atoms with Gasteiger partial charge in [0.1, 0.15) is 0 Å². The van der Waals surface area contributed by atoms with E-state index in [4.69, 9.17) is 0 Å². The van der Waals surface area contributed by atoms with Crippen molar-refractivity contribution in [3.8, 4) is 0 Å². The van der Waals surface area contributed by atoms with E-state index in [1.807, 2.05) is 0 Å². The highest BCUT2D eigenvalue weighted by Crippen LogP contribution is 2.19. The second-order valence-electron chi connectivity index (χ2n) is 6.45. The van der Waals surface area contributed by atoms with E-state index in [0.717, 1.165) is 11.8 Å². The van der Waals surface area contributed by atoms with Gasteiger partial charge in [0.2, 0.25) is 10.0 Å². The maximum absolute atomic E-state index is 12.4. The molecule has 1 atom stereocenters. The first-order valence-corrected chi connectivity index (χ1v) is 12.1. The molecule has 0 fully saturated rings. The van der Waals surface area contributed by atoms with Crippen molar-refractivity contribution < 1.29 is 21.6 Å². The standard InChI is InChI=1S/C19H24N2O5S2/c1-5-28(25,26)21(3)17-10-6-16(7-11-17)19(22)20-14(2)15-8-12-18(13-9-15)27(4,23)24/h6-14H,5H2,1-4H3,(H,20,22)/t14-/m0/s1. The quantitative estimate of drug-likeness (QED) is 0.735. The van der Waals surface area contributed by atoms with Gasteiger partial charge in [-0.2, -0.15) is 0 Å². The molecule has 2 rings (SSSR count). The first kappa shape index (κ1) is 21.9. The van der Waals surface area contributed by atoms with Crippen molar-refractivity contribution in [3.63, 3.8) is 0 Å². The fraction of sp³-hybridized carbons (Fsp3) is 0.316. The van der Waals surface area contributed by atoms with E-state index in [9.17, 15) is 21.6 Å². The summed E-state index contributed by atoms with van der Waals surface area (Å²) in [6.07, 6.45) is 1.14. The number of sulfonamides is 1. The van der Waals surface area contributed by atoms with E-state index in [2.05, 4.69) is 5.32 Å². The van der Waals surface area contributed by atoms with E-state index in [1.54, 1.807) is 50.2 Å². The molecule has 0 saturated heterocycles. The molecule has 2 aromatic carbocycles. The van der Waals surface area contributed by atoms with Crippen LogP contribution < -0.4 is 9.62 Å². The average molecular weight is 425 g/mol. The van der Waals surface area contributed by atoms with Crippen molar-refractivity contribution in [3.05, 3.63) is 59.7 Å². The number of hydrogen-bond acceptors (Lipinski definition) is 5. The topological polar surface area (TPSA) is 101 Å². The van der Waals surface area contributed by atoms with Crippen LogP contribution in [0.4, 0.5) is 5.69 Å². The highest BCUT2D eigenvalue weighted by molar-refractivity contribution is 7.92. The highest BCUT2D eigenvalue weighted by atomic mass is 32.2. The molecule has 28 heavy (non-hydrogen) atoms. The first-order valence-electron chi connectivity index (χ1n) is 8.63. The molecule has 0 heterocycles. The summed E-state index contributed by atoms with van der Waals surface area (Å²) in [7, 11) is -5.16. The zero-order chi connectivity index (χ0) is 21.1. The summed E-state index contributed by atoms with van der Waals surface area (Å²) < 4.78 is 48.1. The maximum Gasteiger partial charge on any atom is 0.251 e. The summed E-state index contributed by atoms with van der Waals surface area (Å²) in [5.41, 5.74) is 1.64. The largest absolute Gasteiger partial charge is 0.346 e. The minimum atomic E-state index is -3.36. The minimum Gasteiger partial charge on any atom is -0.346 e. The molecule has 152 valence electrons. The summed E-state index contributed by atoms with van der Waals surface area (Å²) >= 11 is 0. The molecule has 1 N–H and O–H groups in total. The Kier molecular flexibility index (Phi) is 6.51. The average Bonchev–Trinajstić information content (AvgIpc) is 2.66. The van der Waals surface area contributed by atoms with Crippen LogP contribution in [0.25, 0.3) is 0 Å². The van der Waals surface area contributed by atoms with E-state index in [0.29, 0.717) is 11.3 Å². The van der Waals surface area contributed by atoms with Crippen LogP contribution in [-0.4, -0.2) is 41.8 Å². The van der Waals surface area contributed by atoms with E-state index < -0.39 is 19.9 Å². The lowest BCUT2D eigenvalue weighted by Gasteiger charge is -2.19. The van der Waals surface area contributed by atoms with Crippen molar-refractivity contribution in [2.75, 3.05) is 23.4 Å². The van der Waals surface area contributed by atoms with Crippen LogP contribution in [0.15, 0.2) is 53.4 Å². The SMILES string of the molecule is CCS(=O)(=O)N(C)c1ccc(C(=O)N[C@@H](C)c2ccc(S(C)(=O)=O)cc2)cc1. The van der Waals surface area contributed by atoms with Crippen molar-refractivity contribution in [1.82, 2.24) is 5.32 Å². The third-order valence-electron chi connectivity index (χ3n) is 4.43. The van der Waals surface area contributed by atoms with Gasteiger partial charge in [0.05, 0.1) is 22.4 Å². The predicted octanol–water partition coefficient (Wildman–Crippen LogP) is 2.37. The molecule has 2 aromatic rings. The Hall–Kier alpha value is -2.39. The van der Waals surface area contributed by atoms with Crippen LogP contribution in [0.5, 0.6) is 0 Å². The van der Waals surface area contributed by atoms with Crippen LogP contribution >= 0.6 is 0 Å². The van der Waals surface area contributed by atoms with E-state index in [-0.39, 0.29) is 22.6 Å². The molecule has 7 nitrogen and oxygen atoms in total. The normalized spacial score (nSPS) is 13.0. The lowest BCUT2D eigenvalue weighted by molar-refractivity contribution is 0.0940. The lowest BCUT2D eigenvalue weighted by Crippen LogP contribution is -2.28. The van der Waals surface area contributed by atoms with Gasteiger partial charge in [0.25, 0.3) is 5.91 Å². The molecular formula is C19H24N2O5S2. The number of sulfone groups is 1. The van der Waals surface area contributed by atoms with Gasteiger partial charge in [-0.05, 0) is 55.8 Å². The van der Waals surface area contributed by atoms with Crippen LogP contribution in [0.2, 0.25) is 0 Å². The molecule has 0 spiro atoms. The minimum absolute atomic E-state index is 0.0125. The molecular weight excluding hydrogens is 400 g/mol. The summed E-state index contributed by atoms with van der Waals surface area (Å²) in [6, 6.07) is 12.3. The number of nitrogens with zero attached hydrogens (tertiary/aromatic N) is 1. The summed E-state index contributed by atoms with van der Waals surface area (Å²) in [6.45, 7) is 3.36. The number of carbonyl (C=O) groups excluding carboxylic acids is 1. The highest BCUT2D eigenvalue weighted by Gasteiger charge is 2.17. The first-order chi connectivity index (χ1) is 13.0. The van der Waals surface area contributed by atoms with Crippen LogP contribution in [0, 0.1) is 0 Å². The van der Waals surface area contributed by atoms with Crippen LogP contribution in [0.1, 0.15) is 35.8 Å². The fourth-order valence-electron chi connectivity index (χ4n) is 2.54. The summed E-state index contributed by atoms with van der Waals surface area (Å²) in [4.78, 5) is 12.7.